The first-order valence-corrected chi connectivity index (χ1v) is 5.62. The van der Waals surface area contributed by atoms with Crippen LogP contribution in [0.25, 0.3) is 11.0 Å². The Kier molecular flexibility index (Phi) is 3.00. The summed E-state index contributed by atoms with van der Waals surface area (Å²) in [6.07, 6.45) is 0. The van der Waals surface area contributed by atoms with Crippen molar-refractivity contribution in [3.8, 4) is 0 Å². The summed E-state index contributed by atoms with van der Waals surface area (Å²) in [7, 11) is 0. The van der Waals surface area contributed by atoms with Crippen LogP contribution in [0.3, 0.4) is 0 Å². The van der Waals surface area contributed by atoms with Gasteiger partial charge in [0, 0.05) is 17.5 Å². The number of nitro groups is 1. The summed E-state index contributed by atoms with van der Waals surface area (Å²) < 4.78 is 5.26. The van der Waals surface area contributed by atoms with Gasteiger partial charge >= 0.3 is 5.63 Å². The fraction of sp³-hybridized carbons (Fsp3) is 0.0909. The average molecular weight is 312 g/mol. The van der Waals surface area contributed by atoms with E-state index >= 15 is 0 Å². The van der Waals surface area contributed by atoms with Crippen LogP contribution in [-0.4, -0.2) is 10.7 Å². The number of ketones is 1. The molecule has 0 saturated carbocycles. The smallest absolute Gasteiger partial charge is 0.347 e. The number of carbonyl (C=O) groups is 1. The summed E-state index contributed by atoms with van der Waals surface area (Å²) >= 11 is 3.09. The number of halogens is 1. The highest BCUT2D eigenvalue weighted by atomic mass is 79.9. The minimum atomic E-state index is -0.760. The highest BCUT2D eigenvalue weighted by Gasteiger charge is 2.15. The molecule has 0 radical (unpaired) electrons. The topological polar surface area (TPSA) is 90.4 Å². The van der Waals surface area contributed by atoms with Crippen molar-refractivity contribution in [2.75, 3.05) is 0 Å². The minimum absolute atomic E-state index is 0.130. The molecule has 0 spiro atoms. The van der Waals surface area contributed by atoms with Crippen molar-refractivity contribution in [2.24, 2.45) is 0 Å². The van der Waals surface area contributed by atoms with Crippen molar-refractivity contribution in [3.05, 3.63) is 48.8 Å². The number of hydrogen-bond donors (Lipinski definition) is 0. The third-order valence-corrected chi connectivity index (χ3v) is 2.95. The molecule has 0 aliphatic heterocycles. The van der Waals surface area contributed by atoms with Gasteiger partial charge in [0.2, 0.25) is 0 Å². The molecule has 0 N–H and O–H groups in total. The van der Waals surface area contributed by atoms with E-state index in [1.165, 1.54) is 25.1 Å². The standard InChI is InChI=1S/C11H6BrNO5/c1-5(14)8-3-6-2-7(13(16)17)4-9(12)10(6)18-11(8)15/h2-4H,1H3. The van der Waals surface area contributed by atoms with Gasteiger partial charge in [0.15, 0.2) is 11.4 Å². The predicted molar refractivity (Wildman–Crippen MR) is 66.8 cm³/mol. The van der Waals surface area contributed by atoms with E-state index in [4.69, 9.17) is 4.42 Å². The number of Topliss-reactive ketones (excluding diaryl/α,β-unsaturated/α-hetero) is 1. The number of nitrogens with zero attached hydrogens (tertiary/aromatic N) is 1. The fourth-order valence-corrected chi connectivity index (χ4v) is 2.07. The van der Waals surface area contributed by atoms with Crippen LogP contribution in [-0.2, 0) is 0 Å². The number of non-ortho nitro benzene ring substituents is 1. The maximum Gasteiger partial charge on any atom is 0.347 e. The molecule has 7 heteroatoms. The molecular formula is C11H6BrNO5. The average Bonchev–Trinajstić information content (AvgIpc) is 2.28. The fourth-order valence-electron chi connectivity index (χ4n) is 1.53. The third kappa shape index (κ3) is 2.04. The van der Waals surface area contributed by atoms with E-state index in [2.05, 4.69) is 15.9 Å². The van der Waals surface area contributed by atoms with E-state index in [1.54, 1.807) is 0 Å². The lowest BCUT2D eigenvalue weighted by molar-refractivity contribution is -0.384. The summed E-state index contributed by atoms with van der Waals surface area (Å²) in [4.78, 5) is 32.9. The maximum absolute atomic E-state index is 11.5. The molecule has 0 aliphatic carbocycles. The van der Waals surface area contributed by atoms with Gasteiger partial charge in [-0.1, -0.05) is 0 Å². The lowest BCUT2D eigenvalue weighted by Gasteiger charge is -2.01. The molecule has 0 saturated heterocycles. The quantitative estimate of drug-likeness (QED) is 0.368. The van der Waals surface area contributed by atoms with E-state index in [9.17, 15) is 19.7 Å². The first-order chi connectivity index (χ1) is 8.40. The van der Waals surface area contributed by atoms with Gasteiger partial charge in [-0.25, -0.2) is 4.79 Å². The molecule has 0 unspecified atom stereocenters. The second kappa shape index (κ2) is 4.34. The second-order valence-corrected chi connectivity index (χ2v) is 4.46. The molecule has 0 amide bonds. The van der Waals surface area contributed by atoms with Crippen molar-refractivity contribution < 1.29 is 14.1 Å². The van der Waals surface area contributed by atoms with Gasteiger partial charge in [0.25, 0.3) is 5.69 Å². The van der Waals surface area contributed by atoms with Crippen molar-refractivity contribution in [1.82, 2.24) is 0 Å². The molecule has 1 aromatic heterocycles. The normalized spacial score (nSPS) is 10.6. The number of nitro benzene ring substituents is 1. The zero-order valence-corrected chi connectivity index (χ0v) is 10.7. The Morgan fingerprint density at radius 1 is 1.39 bits per heavy atom. The summed E-state index contributed by atoms with van der Waals surface area (Å²) in [5, 5.41) is 11.0. The lowest BCUT2D eigenvalue weighted by Crippen LogP contribution is -2.11. The summed E-state index contributed by atoms with van der Waals surface area (Å²) in [5.41, 5.74) is -0.868. The van der Waals surface area contributed by atoms with Crippen LogP contribution in [0.15, 0.2) is 31.9 Å². The Balaban J connectivity index is 2.86. The highest BCUT2D eigenvalue weighted by molar-refractivity contribution is 9.10. The van der Waals surface area contributed by atoms with Gasteiger partial charge in [-0.15, -0.1) is 0 Å². The van der Waals surface area contributed by atoms with Gasteiger partial charge in [-0.05, 0) is 28.9 Å². The Morgan fingerprint density at radius 2 is 2.06 bits per heavy atom. The van der Waals surface area contributed by atoms with Gasteiger partial charge < -0.3 is 4.42 Å². The molecule has 0 bridgehead atoms. The van der Waals surface area contributed by atoms with Crippen molar-refractivity contribution >= 4 is 38.4 Å². The lowest BCUT2D eigenvalue weighted by atomic mass is 10.1. The molecule has 2 rings (SSSR count). The molecular weight excluding hydrogens is 306 g/mol. The number of carbonyl (C=O) groups excluding carboxylic acids is 1. The molecule has 0 aliphatic rings. The van der Waals surface area contributed by atoms with Crippen LogP contribution < -0.4 is 5.63 Å². The van der Waals surface area contributed by atoms with Crippen LogP contribution in [0.4, 0.5) is 5.69 Å². The SMILES string of the molecule is CC(=O)c1cc2cc([N+](=O)[O-])cc(Br)c2oc1=O. The van der Waals surface area contributed by atoms with Gasteiger partial charge in [-0.2, -0.15) is 0 Å². The molecule has 92 valence electrons. The van der Waals surface area contributed by atoms with E-state index in [-0.39, 0.29) is 16.8 Å². The number of hydrogen-bond acceptors (Lipinski definition) is 5. The first kappa shape index (κ1) is 12.4. The van der Waals surface area contributed by atoms with Crippen molar-refractivity contribution in [1.29, 1.82) is 0 Å². The molecule has 18 heavy (non-hydrogen) atoms. The highest BCUT2D eigenvalue weighted by Crippen LogP contribution is 2.28. The predicted octanol–water partition coefficient (Wildman–Crippen LogP) is 2.67. The van der Waals surface area contributed by atoms with Gasteiger partial charge in [-0.3, -0.25) is 14.9 Å². The molecule has 0 fully saturated rings. The largest absolute Gasteiger partial charge is 0.421 e. The van der Waals surface area contributed by atoms with Crippen LogP contribution in [0.2, 0.25) is 0 Å². The Morgan fingerprint density at radius 3 is 2.61 bits per heavy atom. The molecule has 6 nitrogen and oxygen atoms in total. The van der Waals surface area contributed by atoms with E-state index in [0.29, 0.717) is 9.86 Å². The number of fused-ring (bicyclic) bond motifs is 1. The number of benzene rings is 1. The van der Waals surface area contributed by atoms with E-state index in [1.807, 2.05) is 0 Å². The Bertz CT molecular complexity index is 734. The first-order valence-electron chi connectivity index (χ1n) is 4.83. The van der Waals surface area contributed by atoms with Crippen LogP contribution in [0.5, 0.6) is 0 Å². The Hall–Kier alpha value is -2.02. The minimum Gasteiger partial charge on any atom is -0.421 e. The molecule has 1 heterocycles. The van der Waals surface area contributed by atoms with Crippen molar-refractivity contribution in [3.63, 3.8) is 0 Å². The molecule has 2 aromatic rings. The summed E-state index contributed by atoms with van der Waals surface area (Å²) in [5.74, 6) is -0.451. The van der Waals surface area contributed by atoms with Gasteiger partial charge in [0.05, 0.1) is 9.40 Å². The van der Waals surface area contributed by atoms with Crippen LogP contribution >= 0.6 is 15.9 Å². The second-order valence-electron chi connectivity index (χ2n) is 3.61. The number of rotatable bonds is 2. The monoisotopic (exact) mass is 311 g/mol. The van der Waals surface area contributed by atoms with Crippen molar-refractivity contribution in [2.45, 2.75) is 6.92 Å². The third-order valence-electron chi connectivity index (χ3n) is 2.36. The van der Waals surface area contributed by atoms with Crippen LogP contribution in [0, 0.1) is 10.1 Å². The zero-order valence-electron chi connectivity index (χ0n) is 9.10. The summed E-state index contributed by atoms with van der Waals surface area (Å²) in [6, 6.07) is 3.77. The summed E-state index contributed by atoms with van der Waals surface area (Å²) in [6.45, 7) is 1.23. The van der Waals surface area contributed by atoms with Gasteiger partial charge in [0.1, 0.15) is 5.56 Å². The molecule has 1 aromatic carbocycles. The maximum atomic E-state index is 11.5. The van der Waals surface area contributed by atoms with E-state index in [0.717, 1.165) is 0 Å². The van der Waals surface area contributed by atoms with E-state index < -0.39 is 16.3 Å². The van der Waals surface area contributed by atoms with Crippen LogP contribution in [0.1, 0.15) is 17.3 Å². The Labute approximate surface area is 108 Å². The zero-order chi connectivity index (χ0) is 13.4. The molecule has 0 atom stereocenters.